The van der Waals surface area contributed by atoms with E-state index in [2.05, 4.69) is 17.2 Å². The predicted molar refractivity (Wildman–Crippen MR) is 84.8 cm³/mol. The molecule has 1 saturated heterocycles. The minimum Gasteiger partial charge on any atom is -0.384 e. The van der Waals surface area contributed by atoms with Gasteiger partial charge in [0, 0.05) is 22.2 Å². The van der Waals surface area contributed by atoms with Gasteiger partial charge in [0.15, 0.2) is 0 Å². The Labute approximate surface area is 128 Å². The third-order valence-corrected chi connectivity index (χ3v) is 5.23. The first-order valence-corrected chi connectivity index (χ1v) is 8.83. The van der Waals surface area contributed by atoms with Gasteiger partial charge in [0.2, 0.25) is 5.91 Å². The summed E-state index contributed by atoms with van der Waals surface area (Å²) in [6.07, 6.45) is 2.99. The monoisotopic (exact) mass is 309 g/mol. The molecule has 2 N–H and O–H groups in total. The molecule has 1 aliphatic rings. The molecule has 5 heteroatoms. The number of nitrogens with one attached hydrogen (secondary N) is 1. The lowest BCUT2D eigenvalue weighted by molar-refractivity contribution is -0.122. The fraction of sp³-hybridized carbons (Fsp3) is 0.533. The van der Waals surface area contributed by atoms with Gasteiger partial charge in [-0.3, -0.25) is 4.79 Å². The van der Waals surface area contributed by atoms with Gasteiger partial charge in [0.25, 0.3) is 0 Å². The lowest BCUT2D eigenvalue weighted by atomic mass is 9.98. The predicted octanol–water partition coefficient (Wildman–Crippen LogP) is 2.24. The highest BCUT2D eigenvalue weighted by molar-refractivity contribution is 7.99. The van der Waals surface area contributed by atoms with E-state index in [0.29, 0.717) is 18.9 Å². The van der Waals surface area contributed by atoms with Gasteiger partial charge in [-0.2, -0.15) is 11.8 Å². The van der Waals surface area contributed by atoms with Crippen molar-refractivity contribution < 1.29 is 9.90 Å². The third-order valence-electron chi connectivity index (χ3n) is 3.24. The van der Waals surface area contributed by atoms with E-state index in [1.807, 2.05) is 23.2 Å². The number of thioether (sulfide) groups is 1. The highest BCUT2D eigenvalue weighted by Crippen LogP contribution is 2.25. The topological polar surface area (TPSA) is 49.3 Å². The van der Waals surface area contributed by atoms with Gasteiger partial charge in [-0.25, -0.2) is 0 Å². The van der Waals surface area contributed by atoms with Crippen molar-refractivity contribution >= 4 is 29.0 Å². The molecule has 1 fully saturated rings. The molecule has 2 heterocycles. The van der Waals surface area contributed by atoms with E-state index in [1.165, 1.54) is 11.5 Å². The van der Waals surface area contributed by atoms with Crippen molar-refractivity contribution in [3.63, 3.8) is 0 Å². The van der Waals surface area contributed by atoms with E-state index in [0.717, 1.165) is 23.3 Å². The van der Waals surface area contributed by atoms with Crippen LogP contribution < -0.4 is 5.32 Å². The Kier molecular flexibility index (Phi) is 6.44. The van der Waals surface area contributed by atoms with E-state index in [9.17, 15) is 4.79 Å². The van der Waals surface area contributed by atoms with Gasteiger partial charge < -0.3 is 10.4 Å². The van der Waals surface area contributed by atoms with E-state index in [4.69, 9.17) is 5.11 Å². The Bertz CT molecular complexity index is 495. The van der Waals surface area contributed by atoms with E-state index in [1.54, 1.807) is 11.3 Å². The molecule has 2 rings (SSSR count). The Hall–Kier alpha value is -0.960. The number of thiophene rings is 1. The minimum atomic E-state index is -0.123. The molecule has 0 aromatic carbocycles. The molecule has 20 heavy (non-hydrogen) atoms. The number of carbonyl (C=O) groups is 1. The SMILES string of the molecule is O=C(CC1CCSCC1)NCc1cc(C#CCO)cs1. The molecule has 0 unspecified atom stereocenters. The number of amides is 1. The van der Waals surface area contributed by atoms with Crippen LogP contribution in [0.5, 0.6) is 0 Å². The van der Waals surface area contributed by atoms with Crippen LogP contribution in [0.25, 0.3) is 0 Å². The third kappa shape index (κ3) is 5.20. The first kappa shape index (κ1) is 15.4. The van der Waals surface area contributed by atoms with Crippen LogP contribution in [0.1, 0.15) is 29.7 Å². The van der Waals surface area contributed by atoms with Gasteiger partial charge in [-0.1, -0.05) is 11.8 Å². The van der Waals surface area contributed by atoms with E-state index >= 15 is 0 Å². The lowest BCUT2D eigenvalue weighted by Gasteiger charge is -2.20. The van der Waals surface area contributed by atoms with Crippen molar-refractivity contribution in [1.82, 2.24) is 5.32 Å². The van der Waals surface area contributed by atoms with Gasteiger partial charge in [0.05, 0.1) is 6.54 Å². The highest BCUT2D eigenvalue weighted by Gasteiger charge is 2.17. The summed E-state index contributed by atoms with van der Waals surface area (Å²) in [5, 5.41) is 13.6. The molecule has 1 aromatic heterocycles. The Balaban J connectivity index is 1.73. The van der Waals surface area contributed by atoms with Crippen molar-refractivity contribution in [3.05, 3.63) is 21.9 Å². The molecule has 0 aliphatic carbocycles. The van der Waals surface area contributed by atoms with Crippen LogP contribution in [0.2, 0.25) is 0 Å². The normalized spacial score (nSPS) is 15.4. The summed E-state index contributed by atoms with van der Waals surface area (Å²) in [5.41, 5.74) is 0.901. The molecule has 1 amide bonds. The number of hydrogen-bond donors (Lipinski definition) is 2. The molecule has 0 atom stereocenters. The van der Waals surface area contributed by atoms with Crippen LogP contribution in [-0.2, 0) is 11.3 Å². The molecule has 0 bridgehead atoms. The maximum absolute atomic E-state index is 11.9. The molecule has 0 spiro atoms. The summed E-state index contributed by atoms with van der Waals surface area (Å²) in [6.45, 7) is 0.452. The average Bonchev–Trinajstić information content (AvgIpc) is 2.92. The van der Waals surface area contributed by atoms with Crippen LogP contribution in [0.3, 0.4) is 0 Å². The van der Waals surface area contributed by atoms with Gasteiger partial charge in [-0.05, 0) is 36.3 Å². The summed E-state index contributed by atoms with van der Waals surface area (Å²) in [4.78, 5) is 13.0. The van der Waals surface area contributed by atoms with E-state index < -0.39 is 0 Å². The molecule has 1 aliphatic heterocycles. The number of aliphatic hydroxyl groups excluding tert-OH is 1. The second-order valence-electron chi connectivity index (χ2n) is 4.80. The Morgan fingerprint density at radius 3 is 3.00 bits per heavy atom. The zero-order chi connectivity index (χ0) is 14.2. The van der Waals surface area contributed by atoms with Crippen molar-refractivity contribution in [1.29, 1.82) is 0 Å². The number of rotatable bonds is 4. The van der Waals surface area contributed by atoms with Gasteiger partial charge in [0.1, 0.15) is 6.61 Å². The first-order valence-electron chi connectivity index (χ1n) is 6.79. The summed E-state index contributed by atoms with van der Waals surface area (Å²) in [5.74, 6) is 8.58. The zero-order valence-electron chi connectivity index (χ0n) is 11.4. The smallest absolute Gasteiger partial charge is 0.220 e. The Morgan fingerprint density at radius 2 is 2.25 bits per heavy atom. The molecular formula is C15H19NO2S2. The van der Waals surface area contributed by atoms with Crippen molar-refractivity contribution in [2.24, 2.45) is 5.92 Å². The summed E-state index contributed by atoms with van der Waals surface area (Å²) in [7, 11) is 0. The maximum Gasteiger partial charge on any atom is 0.220 e. The van der Waals surface area contributed by atoms with Crippen molar-refractivity contribution in [3.8, 4) is 11.8 Å². The average molecular weight is 309 g/mol. The van der Waals surface area contributed by atoms with Crippen LogP contribution in [0, 0.1) is 17.8 Å². The van der Waals surface area contributed by atoms with Crippen molar-refractivity contribution in [2.75, 3.05) is 18.1 Å². The summed E-state index contributed by atoms with van der Waals surface area (Å²) >= 11 is 3.57. The quantitative estimate of drug-likeness (QED) is 0.839. The Morgan fingerprint density at radius 1 is 1.45 bits per heavy atom. The van der Waals surface area contributed by atoms with Gasteiger partial charge in [-0.15, -0.1) is 11.3 Å². The fourth-order valence-corrected chi connectivity index (χ4v) is 4.11. The highest BCUT2D eigenvalue weighted by atomic mass is 32.2. The van der Waals surface area contributed by atoms with Crippen molar-refractivity contribution in [2.45, 2.75) is 25.8 Å². The summed E-state index contributed by atoms with van der Waals surface area (Å²) in [6, 6.07) is 1.96. The van der Waals surface area contributed by atoms with Crippen LogP contribution >= 0.6 is 23.1 Å². The number of hydrogen-bond acceptors (Lipinski definition) is 4. The molecule has 108 valence electrons. The zero-order valence-corrected chi connectivity index (χ0v) is 13.0. The molecular weight excluding hydrogens is 290 g/mol. The number of aliphatic hydroxyl groups is 1. The van der Waals surface area contributed by atoms with E-state index in [-0.39, 0.29) is 12.5 Å². The van der Waals surface area contributed by atoms with Gasteiger partial charge >= 0.3 is 0 Å². The lowest BCUT2D eigenvalue weighted by Crippen LogP contribution is -2.26. The second-order valence-corrected chi connectivity index (χ2v) is 7.02. The van der Waals surface area contributed by atoms with Crippen LogP contribution in [0.4, 0.5) is 0 Å². The molecule has 0 saturated carbocycles. The molecule has 3 nitrogen and oxygen atoms in total. The fourth-order valence-electron chi connectivity index (χ4n) is 2.15. The van der Waals surface area contributed by atoms with Crippen LogP contribution in [-0.4, -0.2) is 29.1 Å². The number of carbonyl (C=O) groups excluding carboxylic acids is 1. The summed E-state index contributed by atoms with van der Waals surface area (Å²) < 4.78 is 0. The molecule has 1 aromatic rings. The van der Waals surface area contributed by atoms with Crippen LogP contribution in [0.15, 0.2) is 11.4 Å². The molecule has 0 radical (unpaired) electrons. The minimum absolute atomic E-state index is 0.123. The standard InChI is InChI=1S/C15H19NO2S2/c17-5-1-2-13-8-14(20-11-13)10-16-15(18)9-12-3-6-19-7-4-12/h8,11-12,17H,3-7,9-10H2,(H,16,18). The maximum atomic E-state index is 11.9. The second kappa shape index (κ2) is 8.35. The largest absolute Gasteiger partial charge is 0.384 e. The first-order chi connectivity index (χ1) is 9.78.